The van der Waals surface area contributed by atoms with Gasteiger partial charge in [0.2, 0.25) is 0 Å². The van der Waals surface area contributed by atoms with E-state index in [0.717, 1.165) is 6.42 Å². The lowest BCUT2D eigenvalue weighted by atomic mass is 9.89. The molecule has 0 aliphatic rings. The second kappa shape index (κ2) is 8.09. The van der Waals surface area contributed by atoms with Crippen molar-refractivity contribution in [1.29, 1.82) is 0 Å². The summed E-state index contributed by atoms with van der Waals surface area (Å²) in [4.78, 5) is 4.14. The summed E-state index contributed by atoms with van der Waals surface area (Å²) in [6.45, 7) is 10.8. The minimum Gasteiger partial charge on any atom is -0.296 e. The van der Waals surface area contributed by atoms with Gasteiger partial charge in [-0.15, -0.1) is 0 Å². The van der Waals surface area contributed by atoms with Crippen molar-refractivity contribution in [3.05, 3.63) is 34.9 Å². The van der Waals surface area contributed by atoms with Crippen molar-refractivity contribution in [2.24, 2.45) is 10.9 Å². The van der Waals surface area contributed by atoms with Crippen LogP contribution in [0.3, 0.4) is 0 Å². The summed E-state index contributed by atoms with van der Waals surface area (Å²) in [6.07, 6.45) is 9.60. The zero-order valence-electron chi connectivity index (χ0n) is 11.5. The first-order valence-electron chi connectivity index (χ1n) is 6.07. The first-order chi connectivity index (χ1) is 7.62. The quantitative estimate of drug-likeness (QED) is 0.474. The van der Waals surface area contributed by atoms with Gasteiger partial charge in [0, 0.05) is 13.3 Å². The number of aliphatic imine (C=N–C) groups is 1. The van der Waals surface area contributed by atoms with Crippen LogP contribution in [0, 0.1) is 5.92 Å². The van der Waals surface area contributed by atoms with Crippen molar-refractivity contribution < 1.29 is 0 Å². The molecule has 0 heterocycles. The Kier molecular flexibility index (Phi) is 7.53. The van der Waals surface area contributed by atoms with Crippen LogP contribution < -0.4 is 0 Å². The summed E-state index contributed by atoms with van der Waals surface area (Å²) >= 11 is 0. The average Bonchev–Trinajstić information content (AvgIpc) is 2.25. The van der Waals surface area contributed by atoms with E-state index in [1.807, 2.05) is 13.3 Å². The number of nitrogens with zero attached hydrogens (tertiary/aromatic N) is 1. The molecule has 90 valence electrons. The first-order valence-corrected chi connectivity index (χ1v) is 6.07. The van der Waals surface area contributed by atoms with E-state index in [4.69, 9.17) is 0 Å². The highest BCUT2D eigenvalue weighted by molar-refractivity contribution is 5.86. The van der Waals surface area contributed by atoms with Gasteiger partial charge in [0.1, 0.15) is 0 Å². The fourth-order valence-corrected chi connectivity index (χ4v) is 1.89. The van der Waals surface area contributed by atoms with Crippen LogP contribution in [-0.2, 0) is 0 Å². The Bertz CT molecular complexity index is 314. The molecule has 1 heteroatoms. The zero-order chi connectivity index (χ0) is 12.6. The van der Waals surface area contributed by atoms with E-state index in [1.54, 1.807) is 0 Å². The molecule has 0 aromatic carbocycles. The minimum absolute atomic E-state index is 0.543. The molecule has 0 rings (SSSR count). The Morgan fingerprint density at radius 1 is 1.19 bits per heavy atom. The van der Waals surface area contributed by atoms with Crippen LogP contribution in [0.4, 0.5) is 0 Å². The van der Waals surface area contributed by atoms with Crippen molar-refractivity contribution in [3.63, 3.8) is 0 Å². The Morgan fingerprint density at radius 2 is 1.81 bits per heavy atom. The monoisotopic (exact) mass is 219 g/mol. The topological polar surface area (TPSA) is 12.4 Å². The van der Waals surface area contributed by atoms with Gasteiger partial charge in [-0.25, -0.2) is 0 Å². The van der Waals surface area contributed by atoms with Gasteiger partial charge >= 0.3 is 0 Å². The molecule has 1 nitrogen and oxygen atoms in total. The molecule has 0 amide bonds. The lowest BCUT2D eigenvalue weighted by molar-refractivity contribution is 0.779. The molecule has 0 unspecified atom stereocenters. The number of allylic oxidation sites excluding steroid dienone is 6. The van der Waals surface area contributed by atoms with Gasteiger partial charge in [-0.2, -0.15) is 0 Å². The fraction of sp³-hybridized carbons (Fsp3) is 0.533. The van der Waals surface area contributed by atoms with E-state index in [-0.39, 0.29) is 0 Å². The molecule has 0 N–H and O–H groups in total. The predicted molar refractivity (Wildman–Crippen MR) is 75.1 cm³/mol. The lowest BCUT2D eigenvalue weighted by Gasteiger charge is -2.16. The van der Waals surface area contributed by atoms with Crippen LogP contribution in [0.25, 0.3) is 0 Å². The third kappa shape index (κ3) is 4.18. The van der Waals surface area contributed by atoms with Crippen LogP contribution in [0.1, 0.15) is 41.0 Å². The largest absolute Gasteiger partial charge is 0.296 e. The maximum atomic E-state index is 4.14. The Morgan fingerprint density at radius 3 is 2.12 bits per heavy atom. The highest BCUT2D eigenvalue weighted by Gasteiger charge is 2.10. The molecule has 0 saturated carbocycles. The van der Waals surface area contributed by atoms with E-state index in [1.165, 1.54) is 16.7 Å². The van der Waals surface area contributed by atoms with E-state index in [2.05, 4.69) is 57.8 Å². The maximum absolute atomic E-state index is 4.14. The number of hydrogen-bond acceptors (Lipinski definition) is 1. The van der Waals surface area contributed by atoms with Gasteiger partial charge in [0.05, 0.1) is 0 Å². The molecular weight excluding hydrogens is 194 g/mol. The van der Waals surface area contributed by atoms with Gasteiger partial charge in [0.25, 0.3) is 0 Å². The van der Waals surface area contributed by atoms with Gasteiger partial charge in [-0.05, 0) is 42.9 Å². The molecule has 0 aliphatic carbocycles. The molecular formula is C15H25N. The molecule has 0 fully saturated rings. The Balaban J connectivity index is 5.35. The van der Waals surface area contributed by atoms with Crippen LogP contribution >= 0.6 is 0 Å². The summed E-state index contributed by atoms with van der Waals surface area (Å²) < 4.78 is 0. The van der Waals surface area contributed by atoms with Crippen molar-refractivity contribution in [3.8, 4) is 0 Å². The molecule has 0 aromatic heterocycles. The van der Waals surface area contributed by atoms with E-state index < -0.39 is 0 Å². The molecule has 0 radical (unpaired) electrons. The smallest absolute Gasteiger partial charge is 0.0284 e. The molecule has 0 aromatic rings. The van der Waals surface area contributed by atoms with E-state index >= 15 is 0 Å². The van der Waals surface area contributed by atoms with Gasteiger partial charge in [0.15, 0.2) is 0 Å². The van der Waals surface area contributed by atoms with Crippen molar-refractivity contribution in [1.82, 2.24) is 0 Å². The van der Waals surface area contributed by atoms with Crippen LogP contribution in [-0.4, -0.2) is 13.3 Å². The highest BCUT2D eigenvalue weighted by atomic mass is 14.6. The molecule has 0 atom stereocenters. The first kappa shape index (κ1) is 14.9. The Labute approximate surface area is 101 Å². The van der Waals surface area contributed by atoms with E-state index in [9.17, 15) is 0 Å². The molecule has 0 saturated heterocycles. The zero-order valence-corrected chi connectivity index (χ0v) is 11.5. The van der Waals surface area contributed by atoms with Gasteiger partial charge in [-0.1, -0.05) is 39.0 Å². The second-order valence-corrected chi connectivity index (χ2v) is 4.06. The summed E-state index contributed by atoms with van der Waals surface area (Å²) in [5, 5.41) is 0. The predicted octanol–water partition coefficient (Wildman–Crippen LogP) is 4.57. The summed E-state index contributed by atoms with van der Waals surface area (Å²) in [7, 11) is 1.82. The second-order valence-electron chi connectivity index (χ2n) is 4.06. The van der Waals surface area contributed by atoms with Crippen molar-refractivity contribution in [2.75, 3.05) is 7.05 Å². The lowest BCUT2D eigenvalue weighted by Crippen LogP contribution is -2.02. The number of rotatable bonds is 5. The average molecular weight is 219 g/mol. The minimum atomic E-state index is 0.543. The fourth-order valence-electron chi connectivity index (χ4n) is 1.89. The third-order valence-corrected chi connectivity index (χ3v) is 2.54. The number of hydrogen-bond donors (Lipinski definition) is 0. The standard InChI is InChI=1S/C15H25N/c1-7-10-13(11-16-6)15(9-3)14(8-2)12(4)5/h8-12H,7H2,1-6H3/b13-10-,14-8-,15-9+,16-11?. The van der Waals surface area contributed by atoms with Crippen LogP contribution in [0.2, 0.25) is 0 Å². The molecule has 0 bridgehead atoms. The van der Waals surface area contributed by atoms with Crippen LogP contribution in [0.15, 0.2) is 39.9 Å². The van der Waals surface area contributed by atoms with Gasteiger partial charge < -0.3 is 0 Å². The van der Waals surface area contributed by atoms with Crippen LogP contribution in [0.5, 0.6) is 0 Å². The van der Waals surface area contributed by atoms with Gasteiger partial charge in [-0.3, -0.25) is 4.99 Å². The Hall–Kier alpha value is -1.11. The summed E-state index contributed by atoms with van der Waals surface area (Å²) in [6, 6.07) is 0. The van der Waals surface area contributed by atoms with Crippen molar-refractivity contribution >= 4 is 6.21 Å². The summed E-state index contributed by atoms with van der Waals surface area (Å²) in [5.41, 5.74) is 3.93. The maximum Gasteiger partial charge on any atom is 0.0284 e. The highest BCUT2D eigenvalue weighted by Crippen LogP contribution is 2.25. The molecule has 0 aliphatic heterocycles. The van der Waals surface area contributed by atoms with E-state index in [0.29, 0.717) is 5.92 Å². The van der Waals surface area contributed by atoms with Crippen molar-refractivity contribution in [2.45, 2.75) is 41.0 Å². The molecule has 16 heavy (non-hydrogen) atoms. The summed E-state index contributed by atoms with van der Waals surface area (Å²) in [5.74, 6) is 0.543. The normalized spacial score (nSPS) is 15.3. The SMILES string of the molecule is C/C=C(C(=C\C)/C(C)C)\C(C=NC)=C/CC. The third-order valence-electron chi connectivity index (χ3n) is 2.54. The molecule has 0 spiro atoms.